The van der Waals surface area contributed by atoms with E-state index in [1.165, 1.54) is 24.4 Å². The molecule has 0 atom stereocenters. The van der Waals surface area contributed by atoms with Crippen molar-refractivity contribution in [1.82, 2.24) is 5.43 Å². The Morgan fingerprint density at radius 1 is 1.31 bits per heavy atom. The average molecular weight is 466 g/mol. The van der Waals surface area contributed by atoms with Gasteiger partial charge in [0.1, 0.15) is 0 Å². The molecule has 0 aliphatic carbocycles. The molecule has 0 bridgehead atoms. The third-order valence-corrected chi connectivity index (χ3v) is 3.96. The quantitative estimate of drug-likeness (QED) is 0.329. The maximum Gasteiger partial charge on any atom is 0.341 e. The molecule has 11 heteroatoms. The number of hydrazone groups is 1. The summed E-state index contributed by atoms with van der Waals surface area (Å²) in [6.45, 7) is 1.54. The predicted octanol–water partition coefficient (Wildman–Crippen LogP) is 2.98. The fraction of sp³-hybridized carbons (Fsp3) is 0.167. The van der Waals surface area contributed by atoms with Crippen LogP contribution in [0.25, 0.3) is 0 Å². The Hall–Kier alpha value is -3.47. The van der Waals surface area contributed by atoms with Gasteiger partial charge in [0.05, 0.1) is 22.2 Å². The van der Waals surface area contributed by atoms with Gasteiger partial charge in [0, 0.05) is 17.7 Å². The molecule has 2 N–H and O–H groups in total. The van der Waals surface area contributed by atoms with Crippen LogP contribution < -0.4 is 14.9 Å². The van der Waals surface area contributed by atoms with Gasteiger partial charge in [-0.3, -0.25) is 14.9 Å². The van der Waals surface area contributed by atoms with Gasteiger partial charge in [-0.15, -0.1) is 0 Å². The number of nitrogens with one attached hydrogen (secondary N) is 1. The van der Waals surface area contributed by atoms with Gasteiger partial charge in [-0.2, -0.15) is 5.10 Å². The molecule has 2 aromatic carbocycles. The number of hydrogen-bond donors (Lipinski definition) is 2. The van der Waals surface area contributed by atoms with Crippen LogP contribution >= 0.6 is 15.9 Å². The molecule has 0 fully saturated rings. The number of carboxylic acids is 1. The number of rotatable bonds is 9. The van der Waals surface area contributed by atoms with E-state index < -0.39 is 23.4 Å². The van der Waals surface area contributed by atoms with E-state index in [0.29, 0.717) is 22.4 Å². The van der Waals surface area contributed by atoms with Crippen molar-refractivity contribution in [2.75, 3.05) is 13.2 Å². The summed E-state index contributed by atoms with van der Waals surface area (Å²) in [5.41, 5.74) is 2.70. The topological polar surface area (TPSA) is 140 Å². The summed E-state index contributed by atoms with van der Waals surface area (Å²) >= 11 is 3.29. The average Bonchev–Trinajstić information content (AvgIpc) is 2.67. The summed E-state index contributed by atoms with van der Waals surface area (Å²) in [5, 5.41) is 23.4. The smallest absolute Gasteiger partial charge is 0.341 e. The van der Waals surface area contributed by atoms with Gasteiger partial charge in [-0.1, -0.05) is 6.07 Å². The Morgan fingerprint density at radius 2 is 2.07 bits per heavy atom. The summed E-state index contributed by atoms with van der Waals surface area (Å²) in [5.74, 6) is -1.22. The van der Waals surface area contributed by atoms with Crippen molar-refractivity contribution in [3.8, 4) is 11.5 Å². The molecule has 0 heterocycles. The SMILES string of the molecule is CCOc1cc(/C=N\NC(=O)c2cccc([N+](=O)[O-])c2)cc(Br)c1OCC(=O)O. The molecular weight excluding hydrogens is 450 g/mol. The number of carbonyl (C=O) groups is 2. The number of nitro groups is 1. The first-order valence-electron chi connectivity index (χ1n) is 8.20. The zero-order valence-electron chi connectivity index (χ0n) is 15.1. The predicted molar refractivity (Wildman–Crippen MR) is 107 cm³/mol. The standard InChI is InChI=1S/C18H16BrN3O7/c1-2-28-15-7-11(6-14(19)17(15)29-10-16(23)24)9-20-21-18(25)12-4-3-5-13(8-12)22(26)27/h3-9H,2,10H2,1H3,(H,21,25)(H,23,24)/b20-9-. The molecule has 0 saturated carbocycles. The van der Waals surface area contributed by atoms with Gasteiger partial charge in [-0.05, 0) is 46.6 Å². The van der Waals surface area contributed by atoms with Gasteiger partial charge in [-0.25, -0.2) is 10.2 Å². The number of non-ortho nitro benzene ring substituents is 1. The molecule has 0 aliphatic heterocycles. The van der Waals surface area contributed by atoms with E-state index in [4.69, 9.17) is 14.6 Å². The Labute approximate surface area is 173 Å². The number of aliphatic carboxylic acids is 1. The number of amides is 1. The lowest BCUT2D eigenvalue weighted by molar-refractivity contribution is -0.384. The van der Waals surface area contributed by atoms with E-state index in [0.717, 1.165) is 6.07 Å². The van der Waals surface area contributed by atoms with Crippen LogP contribution in [-0.4, -0.2) is 41.3 Å². The summed E-state index contributed by atoms with van der Waals surface area (Å²) in [7, 11) is 0. The maximum atomic E-state index is 12.1. The number of carbonyl (C=O) groups excluding carboxylic acids is 1. The highest BCUT2D eigenvalue weighted by Crippen LogP contribution is 2.36. The van der Waals surface area contributed by atoms with Crippen LogP contribution in [-0.2, 0) is 4.79 Å². The maximum absolute atomic E-state index is 12.1. The number of halogens is 1. The van der Waals surface area contributed by atoms with Crippen molar-refractivity contribution in [3.05, 3.63) is 62.1 Å². The largest absolute Gasteiger partial charge is 0.490 e. The highest BCUT2D eigenvalue weighted by Gasteiger charge is 2.14. The molecule has 1 amide bonds. The molecule has 152 valence electrons. The Balaban J connectivity index is 2.15. The zero-order chi connectivity index (χ0) is 21.4. The number of nitro benzene ring substituents is 1. The van der Waals surface area contributed by atoms with E-state index in [1.54, 1.807) is 19.1 Å². The number of nitrogens with zero attached hydrogens (tertiary/aromatic N) is 2. The summed E-state index contributed by atoms with van der Waals surface area (Å²) in [6.07, 6.45) is 1.34. The fourth-order valence-electron chi connectivity index (χ4n) is 2.19. The minimum absolute atomic E-state index is 0.0879. The zero-order valence-corrected chi connectivity index (χ0v) is 16.7. The molecule has 10 nitrogen and oxygen atoms in total. The summed E-state index contributed by atoms with van der Waals surface area (Å²) < 4.78 is 11.1. The first-order chi connectivity index (χ1) is 13.8. The minimum atomic E-state index is -1.13. The second kappa shape index (κ2) is 10.2. The number of hydrogen-bond acceptors (Lipinski definition) is 7. The van der Waals surface area contributed by atoms with Crippen molar-refractivity contribution < 1.29 is 29.1 Å². The van der Waals surface area contributed by atoms with Crippen LogP contribution in [0.4, 0.5) is 5.69 Å². The van der Waals surface area contributed by atoms with Crippen molar-refractivity contribution >= 4 is 39.7 Å². The Bertz CT molecular complexity index is 962. The molecule has 2 aromatic rings. The van der Waals surface area contributed by atoms with Crippen LogP contribution in [0, 0.1) is 10.1 Å². The van der Waals surface area contributed by atoms with Crippen molar-refractivity contribution in [3.63, 3.8) is 0 Å². The van der Waals surface area contributed by atoms with Gasteiger partial charge >= 0.3 is 5.97 Å². The van der Waals surface area contributed by atoms with Crippen molar-refractivity contribution in [1.29, 1.82) is 0 Å². The molecule has 29 heavy (non-hydrogen) atoms. The van der Waals surface area contributed by atoms with Crippen molar-refractivity contribution in [2.24, 2.45) is 5.10 Å². The van der Waals surface area contributed by atoms with E-state index in [-0.39, 0.29) is 17.0 Å². The molecule has 0 aromatic heterocycles. The van der Waals surface area contributed by atoms with Gasteiger partial charge < -0.3 is 14.6 Å². The van der Waals surface area contributed by atoms with Crippen LogP contribution in [0.1, 0.15) is 22.8 Å². The van der Waals surface area contributed by atoms with Crippen molar-refractivity contribution in [2.45, 2.75) is 6.92 Å². The lowest BCUT2D eigenvalue weighted by atomic mass is 10.2. The van der Waals surface area contributed by atoms with E-state index in [2.05, 4.69) is 26.5 Å². The molecule has 0 aliphatic rings. The van der Waals surface area contributed by atoms with Gasteiger partial charge in [0.25, 0.3) is 11.6 Å². The summed E-state index contributed by atoms with van der Waals surface area (Å²) in [4.78, 5) is 33.0. The van der Waals surface area contributed by atoms with Crippen LogP contribution in [0.2, 0.25) is 0 Å². The minimum Gasteiger partial charge on any atom is -0.490 e. The third-order valence-electron chi connectivity index (χ3n) is 3.37. The third kappa shape index (κ3) is 6.28. The van der Waals surface area contributed by atoms with Gasteiger partial charge in [0.15, 0.2) is 18.1 Å². The molecule has 0 saturated heterocycles. The monoisotopic (exact) mass is 465 g/mol. The van der Waals surface area contributed by atoms with Gasteiger partial charge in [0.2, 0.25) is 0 Å². The Morgan fingerprint density at radius 3 is 2.72 bits per heavy atom. The summed E-state index contributed by atoms with van der Waals surface area (Å²) in [6, 6.07) is 8.41. The Kier molecular flexibility index (Phi) is 7.66. The number of carboxylic acid groups (broad SMARTS) is 1. The molecular formula is C18H16BrN3O7. The normalized spacial score (nSPS) is 10.6. The highest BCUT2D eigenvalue weighted by molar-refractivity contribution is 9.10. The van der Waals surface area contributed by atoms with Crippen LogP contribution in [0.3, 0.4) is 0 Å². The van der Waals surface area contributed by atoms with Crippen LogP contribution in [0.15, 0.2) is 46.0 Å². The molecule has 0 spiro atoms. The van der Waals surface area contributed by atoms with Crippen LogP contribution in [0.5, 0.6) is 11.5 Å². The second-order valence-electron chi connectivity index (χ2n) is 5.45. The number of benzene rings is 2. The first kappa shape index (κ1) is 21.8. The van der Waals surface area contributed by atoms with E-state index in [1.807, 2.05) is 0 Å². The van der Waals surface area contributed by atoms with E-state index in [9.17, 15) is 19.7 Å². The molecule has 0 radical (unpaired) electrons. The first-order valence-corrected chi connectivity index (χ1v) is 9.00. The molecule has 2 rings (SSSR count). The van der Waals surface area contributed by atoms with E-state index >= 15 is 0 Å². The highest BCUT2D eigenvalue weighted by atomic mass is 79.9. The lowest BCUT2D eigenvalue weighted by Gasteiger charge is -2.13. The molecule has 0 unspecified atom stereocenters. The lowest BCUT2D eigenvalue weighted by Crippen LogP contribution is -2.17. The second-order valence-corrected chi connectivity index (χ2v) is 6.31. The number of ether oxygens (including phenoxy) is 2. The fourth-order valence-corrected chi connectivity index (χ4v) is 2.76.